The van der Waals surface area contributed by atoms with Gasteiger partial charge in [-0.25, -0.2) is 0 Å². The van der Waals surface area contributed by atoms with E-state index < -0.39 is 69.7 Å². The summed E-state index contributed by atoms with van der Waals surface area (Å²) >= 11 is 0. The van der Waals surface area contributed by atoms with Gasteiger partial charge in [-0.3, -0.25) is 29.0 Å². The molecule has 0 radical (unpaired) electrons. The number of phenols is 1. The highest BCUT2D eigenvalue weighted by Crippen LogP contribution is 2.53. The quantitative estimate of drug-likeness (QED) is 0.109. The van der Waals surface area contributed by atoms with E-state index in [2.05, 4.69) is 5.32 Å². The van der Waals surface area contributed by atoms with Crippen molar-refractivity contribution < 1.29 is 39.6 Å². The van der Waals surface area contributed by atoms with Gasteiger partial charge in [0.15, 0.2) is 17.1 Å². The SMILES string of the molecule is CN(C)[C@@H]1C(O)=C(C(N)=O)C(=O)[C@@]2(O)C(O)=C3C(=O)c4c(O)c(NC(=O)CN5CCCC5)cc(N)c4C[C@H]3C[C@@H]12. The minimum Gasteiger partial charge on any atom is -0.510 e. The molecule has 13 nitrogen and oxygen atoms in total. The highest BCUT2D eigenvalue weighted by atomic mass is 16.3. The number of anilines is 2. The molecule has 0 spiro atoms. The zero-order valence-corrected chi connectivity index (χ0v) is 22.2. The number of allylic oxidation sites excluding steroid dienone is 1. The van der Waals surface area contributed by atoms with Gasteiger partial charge in [-0.05, 0) is 70.4 Å². The van der Waals surface area contributed by atoms with Crippen LogP contribution in [0.3, 0.4) is 0 Å². The van der Waals surface area contributed by atoms with Crippen LogP contribution in [0.1, 0.15) is 35.2 Å². The first-order valence-electron chi connectivity index (χ1n) is 13.1. The van der Waals surface area contributed by atoms with Crippen LogP contribution in [0.5, 0.6) is 5.75 Å². The number of nitrogens with two attached hydrogens (primary N) is 2. The maximum atomic E-state index is 13.8. The second-order valence-electron chi connectivity index (χ2n) is 11.2. The van der Waals surface area contributed by atoms with Crippen LogP contribution in [-0.4, -0.2) is 99.0 Å². The number of aliphatic hydroxyl groups excluding tert-OH is 2. The molecule has 214 valence electrons. The molecule has 1 heterocycles. The number of carbonyl (C=O) groups is 4. The lowest BCUT2D eigenvalue weighted by molar-refractivity contribution is -0.148. The number of nitrogens with zero attached hydrogens (tertiary/aromatic N) is 2. The average molecular weight is 556 g/mol. The van der Waals surface area contributed by atoms with Crippen molar-refractivity contribution in [3.8, 4) is 5.75 Å². The molecular formula is C27H33N5O8. The van der Waals surface area contributed by atoms with Crippen molar-refractivity contribution in [2.24, 2.45) is 17.6 Å². The number of likely N-dealkylation sites (N-methyl/N-ethyl adjacent to an activating group) is 1. The topological polar surface area (TPSA) is 220 Å². The van der Waals surface area contributed by atoms with Gasteiger partial charge in [0.05, 0.1) is 23.8 Å². The fraction of sp³-hybridized carbons (Fsp3) is 0.481. The van der Waals surface area contributed by atoms with Crippen LogP contribution < -0.4 is 16.8 Å². The highest BCUT2D eigenvalue weighted by molar-refractivity contribution is 6.25. The van der Waals surface area contributed by atoms with Gasteiger partial charge >= 0.3 is 0 Å². The second-order valence-corrected chi connectivity index (χ2v) is 11.2. The molecule has 9 N–H and O–H groups in total. The molecule has 0 saturated carbocycles. The summed E-state index contributed by atoms with van der Waals surface area (Å²) in [6, 6.07) is 0.293. The maximum absolute atomic E-state index is 13.8. The van der Waals surface area contributed by atoms with Crippen LogP contribution in [0.25, 0.3) is 0 Å². The normalized spacial score (nSPS) is 28.4. The number of rotatable bonds is 5. The smallest absolute Gasteiger partial charge is 0.255 e. The van der Waals surface area contributed by atoms with E-state index in [0.717, 1.165) is 25.9 Å². The van der Waals surface area contributed by atoms with E-state index in [4.69, 9.17) is 11.5 Å². The first-order chi connectivity index (χ1) is 18.8. The molecule has 40 heavy (non-hydrogen) atoms. The summed E-state index contributed by atoms with van der Waals surface area (Å²) in [7, 11) is 3.12. The Bertz CT molecular complexity index is 1410. The monoisotopic (exact) mass is 555 g/mol. The summed E-state index contributed by atoms with van der Waals surface area (Å²) in [5.74, 6) is -7.88. The number of fused-ring (bicyclic) bond motifs is 3. The highest BCUT2D eigenvalue weighted by Gasteiger charge is 2.63. The van der Waals surface area contributed by atoms with Crippen molar-refractivity contribution in [3.63, 3.8) is 0 Å². The van der Waals surface area contributed by atoms with Gasteiger partial charge in [0.2, 0.25) is 11.7 Å². The number of Topliss-reactive ketones (excluding diaryl/α,β-unsaturated/α-hetero) is 2. The number of amides is 2. The summed E-state index contributed by atoms with van der Waals surface area (Å²) in [5, 5.41) is 47.5. The zero-order chi connectivity index (χ0) is 29.3. The molecule has 5 rings (SSSR count). The summed E-state index contributed by atoms with van der Waals surface area (Å²) in [4.78, 5) is 55.4. The average Bonchev–Trinajstić information content (AvgIpc) is 3.37. The number of primary amides is 1. The van der Waals surface area contributed by atoms with Crippen LogP contribution in [0.15, 0.2) is 28.7 Å². The van der Waals surface area contributed by atoms with E-state index in [1.54, 1.807) is 14.1 Å². The van der Waals surface area contributed by atoms with Crippen molar-refractivity contribution in [1.29, 1.82) is 0 Å². The fourth-order valence-corrected chi connectivity index (χ4v) is 6.78. The molecule has 1 aromatic carbocycles. The molecule has 1 aromatic rings. The Balaban J connectivity index is 1.58. The van der Waals surface area contributed by atoms with Crippen LogP contribution in [0, 0.1) is 11.8 Å². The molecule has 13 heteroatoms. The van der Waals surface area contributed by atoms with E-state index in [1.165, 1.54) is 11.0 Å². The Morgan fingerprint density at radius 3 is 2.42 bits per heavy atom. The minimum atomic E-state index is -2.73. The Kier molecular flexibility index (Phi) is 6.63. The molecule has 0 unspecified atom stereocenters. The van der Waals surface area contributed by atoms with Crippen molar-refractivity contribution >= 4 is 34.8 Å². The lowest BCUT2D eigenvalue weighted by atomic mass is 9.58. The molecule has 1 saturated heterocycles. The third kappa shape index (κ3) is 3.95. The second kappa shape index (κ2) is 9.61. The summed E-state index contributed by atoms with van der Waals surface area (Å²) in [6.07, 6.45) is 2.00. The predicted octanol–water partition coefficient (Wildman–Crippen LogP) is -0.263. The van der Waals surface area contributed by atoms with Crippen molar-refractivity contribution in [2.45, 2.75) is 37.3 Å². The van der Waals surface area contributed by atoms with Crippen LogP contribution in [-0.2, 0) is 20.8 Å². The Morgan fingerprint density at radius 1 is 1.18 bits per heavy atom. The number of likely N-dealkylation sites (tertiary alicyclic amines) is 1. The molecule has 0 aromatic heterocycles. The number of benzene rings is 1. The van der Waals surface area contributed by atoms with Crippen molar-refractivity contribution in [1.82, 2.24) is 9.80 Å². The van der Waals surface area contributed by atoms with E-state index in [9.17, 15) is 39.6 Å². The first-order valence-corrected chi connectivity index (χ1v) is 13.1. The lowest BCUT2D eigenvalue weighted by Crippen LogP contribution is -2.63. The first kappa shape index (κ1) is 27.6. The molecule has 4 atom stereocenters. The number of nitrogen functional groups attached to an aromatic ring is 1. The molecular weight excluding hydrogens is 522 g/mol. The fourth-order valence-electron chi connectivity index (χ4n) is 6.78. The van der Waals surface area contributed by atoms with Crippen molar-refractivity contribution in [3.05, 3.63) is 39.9 Å². The maximum Gasteiger partial charge on any atom is 0.255 e. The van der Waals surface area contributed by atoms with Crippen LogP contribution in [0.4, 0.5) is 11.4 Å². The van der Waals surface area contributed by atoms with Gasteiger partial charge in [0, 0.05) is 17.2 Å². The third-order valence-corrected chi connectivity index (χ3v) is 8.60. The number of aliphatic hydroxyl groups is 3. The van der Waals surface area contributed by atoms with Crippen LogP contribution in [0.2, 0.25) is 0 Å². The number of hydrogen-bond acceptors (Lipinski definition) is 11. The molecule has 1 aliphatic heterocycles. The van der Waals surface area contributed by atoms with Gasteiger partial charge in [0.1, 0.15) is 17.1 Å². The zero-order valence-electron chi connectivity index (χ0n) is 22.2. The van der Waals surface area contributed by atoms with Gasteiger partial charge in [0.25, 0.3) is 5.91 Å². The van der Waals surface area contributed by atoms with Gasteiger partial charge in [-0.1, -0.05) is 0 Å². The Labute approximate surface area is 229 Å². The lowest BCUT2D eigenvalue weighted by Gasteiger charge is -2.50. The van der Waals surface area contributed by atoms with E-state index >= 15 is 0 Å². The van der Waals surface area contributed by atoms with Crippen LogP contribution >= 0.6 is 0 Å². The predicted molar refractivity (Wildman–Crippen MR) is 142 cm³/mol. The molecule has 2 amide bonds. The van der Waals surface area contributed by atoms with Gasteiger partial charge in [-0.15, -0.1) is 0 Å². The number of hydrogen-bond donors (Lipinski definition) is 7. The molecule has 0 bridgehead atoms. The number of nitrogens with one attached hydrogen (secondary N) is 1. The molecule has 1 fully saturated rings. The third-order valence-electron chi connectivity index (χ3n) is 8.60. The van der Waals surface area contributed by atoms with Gasteiger partial charge < -0.3 is 37.2 Å². The Morgan fingerprint density at radius 2 is 1.82 bits per heavy atom. The summed E-state index contributed by atoms with van der Waals surface area (Å²) < 4.78 is 0. The number of carbonyl (C=O) groups excluding carboxylic acids is 4. The van der Waals surface area contributed by atoms with Crippen molar-refractivity contribution in [2.75, 3.05) is 44.8 Å². The number of ketones is 2. The summed E-state index contributed by atoms with van der Waals surface area (Å²) in [6.45, 7) is 1.66. The Hall–Kier alpha value is -3.94. The minimum absolute atomic E-state index is 0.0414. The largest absolute Gasteiger partial charge is 0.510 e. The number of aromatic hydroxyl groups is 1. The molecule has 4 aliphatic rings. The van der Waals surface area contributed by atoms with E-state index in [0.29, 0.717) is 5.56 Å². The van der Waals surface area contributed by atoms with Gasteiger partial charge in [-0.2, -0.15) is 0 Å². The number of phenolic OH excluding ortho intramolecular Hbond substituents is 1. The van der Waals surface area contributed by atoms with E-state index in [-0.39, 0.29) is 41.9 Å². The standard InChI is InChI=1S/C27H33N5O8/c1-31(2)20-13-8-11-7-12-14(28)9-15(30-16(33)10-32-5-3-4-6-32)21(34)18(12)22(35)17(11)24(37)27(13,40)25(38)19(23(20)36)26(29)39/h9,11,13,20,34,36-37,40H,3-8,10,28H2,1-2H3,(H2,29,39)(H,30,33)/t11-,13-,20-,27-/m0/s1. The van der Waals surface area contributed by atoms with E-state index in [1.807, 2.05) is 4.90 Å². The summed E-state index contributed by atoms with van der Waals surface area (Å²) in [5.41, 5.74) is 7.84. The molecule has 3 aliphatic carbocycles.